The minimum atomic E-state index is -4.40. The van der Waals surface area contributed by atoms with Crippen molar-refractivity contribution < 1.29 is 17.9 Å². The van der Waals surface area contributed by atoms with Crippen molar-refractivity contribution in [3.63, 3.8) is 0 Å². The van der Waals surface area contributed by atoms with E-state index >= 15 is 0 Å². The first-order valence-corrected chi connectivity index (χ1v) is 7.88. The number of hydrogen-bond acceptors (Lipinski definition) is 2. The molecule has 24 heavy (non-hydrogen) atoms. The molecule has 0 aliphatic heterocycles. The number of halogens is 3. The fraction of sp³-hybridized carbons (Fsp3) is 0.368. The maximum Gasteiger partial charge on any atom is 0.416 e. The van der Waals surface area contributed by atoms with Crippen molar-refractivity contribution in [2.24, 2.45) is 0 Å². The molecule has 130 valence electrons. The van der Waals surface area contributed by atoms with E-state index in [0.29, 0.717) is 5.75 Å². The van der Waals surface area contributed by atoms with E-state index in [-0.39, 0.29) is 17.6 Å². The maximum absolute atomic E-state index is 12.8. The van der Waals surface area contributed by atoms with Crippen LogP contribution < -0.4 is 10.5 Å². The highest BCUT2D eigenvalue weighted by molar-refractivity contribution is 5.60. The number of nitrogen functional groups attached to an aromatic ring is 1. The van der Waals surface area contributed by atoms with Crippen LogP contribution >= 0.6 is 0 Å². The van der Waals surface area contributed by atoms with E-state index in [2.05, 4.69) is 0 Å². The lowest BCUT2D eigenvalue weighted by Crippen LogP contribution is -2.05. The standard InChI is InChI=1S/C19H22F3NO/c1-11(2)16-9-15(10-17(12(3)4)18(16)23)24-14-7-5-6-13(8-14)19(20,21)22/h5-12H,23H2,1-4H3. The van der Waals surface area contributed by atoms with Crippen LogP contribution in [-0.2, 0) is 6.18 Å². The third-order valence-corrected chi connectivity index (χ3v) is 3.86. The topological polar surface area (TPSA) is 35.2 Å². The van der Waals surface area contributed by atoms with E-state index in [1.165, 1.54) is 12.1 Å². The summed E-state index contributed by atoms with van der Waals surface area (Å²) in [5.41, 5.74) is 8.08. The first kappa shape index (κ1) is 18.2. The van der Waals surface area contributed by atoms with Crippen molar-refractivity contribution in [1.82, 2.24) is 0 Å². The highest BCUT2D eigenvalue weighted by atomic mass is 19.4. The first-order chi connectivity index (χ1) is 11.1. The number of ether oxygens (including phenoxy) is 1. The smallest absolute Gasteiger partial charge is 0.416 e. The van der Waals surface area contributed by atoms with E-state index in [1.807, 2.05) is 27.7 Å². The molecule has 0 aromatic heterocycles. The Hall–Kier alpha value is -2.17. The SMILES string of the molecule is CC(C)c1cc(Oc2cccc(C(F)(F)F)c2)cc(C(C)C)c1N. The predicted octanol–water partition coefficient (Wildman–Crippen LogP) is 6.33. The molecule has 2 N–H and O–H groups in total. The Morgan fingerprint density at radius 3 is 1.88 bits per heavy atom. The Kier molecular flexibility index (Phi) is 5.11. The Labute approximate surface area is 140 Å². The molecule has 0 spiro atoms. The minimum absolute atomic E-state index is 0.152. The quantitative estimate of drug-likeness (QED) is 0.662. The summed E-state index contributed by atoms with van der Waals surface area (Å²) in [7, 11) is 0. The monoisotopic (exact) mass is 337 g/mol. The van der Waals surface area contributed by atoms with Crippen molar-refractivity contribution in [3.05, 3.63) is 53.1 Å². The van der Waals surface area contributed by atoms with Crippen LogP contribution in [0.3, 0.4) is 0 Å². The van der Waals surface area contributed by atoms with Crippen LogP contribution in [0.2, 0.25) is 0 Å². The number of alkyl halides is 3. The highest BCUT2D eigenvalue weighted by Gasteiger charge is 2.30. The second-order valence-corrected chi connectivity index (χ2v) is 6.45. The number of nitrogens with two attached hydrogens (primary N) is 1. The molecule has 0 aliphatic carbocycles. The average molecular weight is 337 g/mol. The second kappa shape index (κ2) is 6.75. The maximum atomic E-state index is 12.8. The molecule has 0 unspecified atom stereocenters. The molecule has 5 heteroatoms. The van der Waals surface area contributed by atoms with E-state index < -0.39 is 11.7 Å². The Balaban J connectivity index is 2.43. The molecule has 2 nitrogen and oxygen atoms in total. The Bertz CT molecular complexity index is 692. The van der Waals surface area contributed by atoms with Gasteiger partial charge < -0.3 is 10.5 Å². The molecule has 0 aliphatic rings. The molecule has 2 rings (SSSR count). The van der Waals surface area contributed by atoms with Crippen LogP contribution in [0.25, 0.3) is 0 Å². The highest BCUT2D eigenvalue weighted by Crippen LogP contribution is 2.37. The van der Waals surface area contributed by atoms with Gasteiger partial charge in [-0.3, -0.25) is 0 Å². The van der Waals surface area contributed by atoms with Gasteiger partial charge in [-0.25, -0.2) is 0 Å². The van der Waals surface area contributed by atoms with Crippen molar-refractivity contribution in [1.29, 1.82) is 0 Å². The van der Waals surface area contributed by atoms with E-state index in [0.717, 1.165) is 28.9 Å². The summed E-state index contributed by atoms with van der Waals surface area (Å²) in [4.78, 5) is 0. The molecule has 0 fully saturated rings. The Morgan fingerprint density at radius 1 is 0.875 bits per heavy atom. The summed E-state index contributed by atoms with van der Waals surface area (Å²) in [5, 5.41) is 0. The lowest BCUT2D eigenvalue weighted by Gasteiger charge is -2.19. The third-order valence-electron chi connectivity index (χ3n) is 3.86. The van der Waals surface area contributed by atoms with Gasteiger partial charge in [0.25, 0.3) is 0 Å². The van der Waals surface area contributed by atoms with E-state index in [4.69, 9.17) is 10.5 Å². The molecular weight excluding hydrogens is 315 g/mol. The molecule has 0 heterocycles. The summed E-state index contributed by atoms with van der Waals surface area (Å²) >= 11 is 0. The lowest BCUT2D eigenvalue weighted by molar-refractivity contribution is -0.137. The normalized spacial score (nSPS) is 12.0. The number of rotatable bonds is 4. The van der Waals surface area contributed by atoms with Gasteiger partial charge in [-0.1, -0.05) is 33.8 Å². The minimum Gasteiger partial charge on any atom is -0.457 e. The number of benzene rings is 2. The van der Waals surface area contributed by atoms with Crippen molar-refractivity contribution in [3.8, 4) is 11.5 Å². The van der Waals surface area contributed by atoms with E-state index in [9.17, 15) is 13.2 Å². The summed E-state index contributed by atoms with van der Waals surface area (Å²) < 4.78 is 44.2. The fourth-order valence-electron chi connectivity index (χ4n) is 2.56. The van der Waals surface area contributed by atoms with Gasteiger partial charge in [-0.15, -0.1) is 0 Å². The van der Waals surface area contributed by atoms with Gasteiger partial charge in [0.2, 0.25) is 0 Å². The zero-order chi connectivity index (χ0) is 18.1. The second-order valence-electron chi connectivity index (χ2n) is 6.45. The van der Waals surface area contributed by atoms with Crippen LogP contribution in [0.4, 0.5) is 18.9 Å². The summed E-state index contributed by atoms with van der Waals surface area (Å²) in [5.74, 6) is 1.02. The zero-order valence-corrected chi connectivity index (χ0v) is 14.2. The Morgan fingerprint density at radius 2 is 1.42 bits per heavy atom. The van der Waals surface area contributed by atoms with Gasteiger partial charge in [0.1, 0.15) is 11.5 Å². The summed E-state index contributed by atoms with van der Waals surface area (Å²) in [6, 6.07) is 8.46. The summed E-state index contributed by atoms with van der Waals surface area (Å²) in [6.07, 6.45) is -4.40. The van der Waals surface area contributed by atoms with Crippen LogP contribution in [0.1, 0.15) is 56.2 Å². The molecule has 0 radical (unpaired) electrons. The average Bonchev–Trinajstić information content (AvgIpc) is 2.47. The predicted molar refractivity (Wildman–Crippen MR) is 90.6 cm³/mol. The van der Waals surface area contributed by atoms with Crippen LogP contribution in [-0.4, -0.2) is 0 Å². The van der Waals surface area contributed by atoms with Gasteiger partial charge in [0, 0.05) is 5.69 Å². The third kappa shape index (κ3) is 4.02. The molecule has 0 atom stereocenters. The van der Waals surface area contributed by atoms with E-state index in [1.54, 1.807) is 12.1 Å². The fourth-order valence-corrected chi connectivity index (χ4v) is 2.56. The largest absolute Gasteiger partial charge is 0.457 e. The molecule has 0 amide bonds. The lowest BCUT2D eigenvalue weighted by atomic mass is 9.92. The molecule has 0 saturated carbocycles. The van der Waals surface area contributed by atoms with Crippen molar-refractivity contribution in [2.45, 2.75) is 45.7 Å². The number of hydrogen-bond donors (Lipinski definition) is 1. The van der Waals surface area contributed by atoms with Gasteiger partial charge in [-0.05, 0) is 53.3 Å². The van der Waals surface area contributed by atoms with Gasteiger partial charge in [-0.2, -0.15) is 13.2 Å². The molecular formula is C19H22F3NO. The van der Waals surface area contributed by atoms with Crippen LogP contribution in [0, 0.1) is 0 Å². The first-order valence-electron chi connectivity index (χ1n) is 7.88. The zero-order valence-electron chi connectivity index (χ0n) is 14.2. The van der Waals surface area contributed by atoms with Crippen LogP contribution in [0.15, 0.2) is 36.4 Å². The number of anilines is 1. The van der Waals surface area contributed by atoms with Gasteiger partial charge >= 0.3 is 6.18 Å². The van der Waals surface area contributed by atoms with Crippen LogP contribution in [0.5, 0.6) is 11.5 Å². The van der Waals surface area contributed by atoms with Crippen molar-refractivity contribution in [2.75, 3.05) is 5.73 Å². The molecule has 0 bridgehead atoms. The molecule has 2 aromatic carbocycles. The van der Waals surface area contributed by atoms with Gasteiger partial charge in [0.05, 0.1) is 5.56 Å². The molecule has 0 saturated heterocycles. The van der Waals surface area contributed by atoms with Gasteiger partial charge in [0.15, 0.2) is 0 Å². The summed E-state index contributed by atoms with van der Waals surface area (Å²) in [6.45, 7) is 8.07. The van der Waals surface area contributed by atoms with Crippen molar-refractivity contribution >= 4 is 5.69 Å². The molecule has 2 aromatic rings.